The van der Waals surface area contributed by atoms with Crippen LogP contribution in [0.1, 0.15) is 51.8 Å². The van der Waals surface area contributed by atoms with Crippen molar-refractivity contribution in [1.82, 2.24) is 14.9 Å². The highest BCUT2D eigenvalue weighted by molar-refractivity contribution is 4.99. The lowest BCUT2D eigenvalue weighted by Crippen LogP contribution is -2.19. The Balaban J connectivity index is 2.05. The Morgan fingerprint density at radius 3 is 2.83 bits per heavy atom. The fourth-order valence-corrected chi connectivity index (χ4v) is 1.80. The van der Waals surface area contributed by atoms with Crippen molar-refractivity contribution in [3.8, 4) is 0 Å². The Labute approximate surface area is 111 Å². The minimum absolute atomic E-state index is 0.474. The van der Waals surface area contributed by atoms with E-state index in [1.54, 1.807) is 0 Å². The van der Waals surface area contributed by atoms with Gasteiger partial charge in [-0.25, -0.2) is 4.98 Å². The number of hydrogen-bond acceptors (Lipinski definition) is 3. The summed E-state index contributed by atoms with van der Waals surface area (Å²) in [6, 6.07) is 0.474. The van der Waals surface area contributed by atoms with Crippen LogP contribution in [-0.4, -0.2) is 29.3 Å². The second kappa shape index (κ2) is 9.11. The molecule has 1 aromatic rings. The average Bonchev–Trinajstić information content (AvgIpc) is 2.81. The zero-order valence-corrected chi connectivity index (χ0v) is 12.0. The lowest BCUT2D eigenvalue weighted by molar-refractivity contribution is 0.128. The summed E-state index contributed by atoms with van der Waals surface area (Å²) in [5.41, 5.74) is 1.25. The summed E-state index contributed by atoms with van der Waals surface area (Å²) in [5.74, 6) is 0. The molecule has 4 nitrogen and oxygen atoms in total. The zero-order valence-electron chi connectivity index (χ0n) is 12.0. The lowest BCUT2D eigenvalue weighted by Gasteiger charge is -2.12. The number of ether oxygens (including phenoxy) is 1. The summed E-state index contributed by atoms with van der Waals surface area (Å²) in [7, 11) is 0. The first-order valence-electron chi connectivity index (χ1n) is 7.04. The van der Waals surface area contributed by atoms with Gasteiger partial charge < -0.3 is 14.6 Å². The Bertz CT molecular complexity index is 310. The van der Waals surface area contributed by atoms with Gasteiger partial charge >= 0.3 is 0 Å². The van der Waals surface area contributed by atoms with Gasteiger partial charge in [-0.15, -0.1) is 0 Å². The van der Waals surface area contributed by atoms with Gasteiger partial charge in [-0.2, -0.15) is 0 Å². The second-order valence-corrected chi connectivity index (χ2v) is 4.88. The van der Waals surface area contributed by atoms with Crippen LogP contribution >= 0.6 is 0 Å². The zero-order chi connectivity index (χ0) is 13.2. The van der Waals surface area contributed by atoms with Crippen molar-refractivity contribution in [3.63, 3.8) is 0 Å². The minimum atomic E-state index is 0.474. The molecule has 104 valence electrons. The molecular formula is C14H27N3O. The molecule has 1 aromatic heterocycles. The topological polar surface area (TPSA) is 39.1 Å². The van der Waals surface area contributed by atoms with Crippen LogP contribution in [-0.2, 0) is 11.3 Å². The van der Waals surface area contributed by atoms with E-state index < -0.39 is 0 Å². The normalized spacial score (nSPS) is 11.3. The quantitative estimate of drug-likeness (QED) is 0.652. The number of nitrogens with one attached hydrogen (secondary N) is 1. The summed E-state index contributed by atoms with van der Waals surface area (Å²) < 4.78 is 7.71. The summed E-state index contributed by atoms with van der Waals surface area (Å²) in [5, 5.41) is 3.43. The summed E-state index contributed by atoms with van der Waals surface area (Å²) >= 11 is 0. The van der Waals surface area contributed by atoms with Gasteiger partial charge in [0.25, 0.3) is 0 Å². The maximum Gasteiger partial charge on any atom is 0.0951 e. The molecule has 1 rings (SSSR count). The summed E-state index contributed by atoms with van der Waals surface area (Å²) in [6.45, 7) is 10.2. The molecule has 1 heterocycles. The largest absolute Gasteiger partial charge is 0.381 e. The molecule has 4 heteroatoms. The van der Waals surface area contributed by atoms with Crippen LogP contribution < -0.4 is 5.32 Å². The van der Waals surface area contributed by atoms with Gasteiger partial charge in [0.1, 0.15) is 0 Å². The van der Waals surface area contributed by atoms with E-state index in [2.05, 4.69) is 35.6 Å². The molecule has 0 aliphatic heterocycles. The third-order valence-corrected chi connectivity index (χ3v) is 2.89. The molecule has 0 spiro atoms. The Morgan fingerprint density at radius 2 is 2.11 bits per heavy atom. The fraction of sp³-hybridized carbons (Fsp3) is 0.786. The average molecular weight is 253 g/mol. The van der Waals surface area contributed by atoms with E-state index >= 15 is 0 Å². The lowest BCUT2D eigenvalue weighted by atomic mass is 10.3. The summed E-state index contributed by atoms with van der Waals surface area (Å²) in [6.07, 6.45) is 7.28. The first-order chi connectivity index (χ1) is 8.75. The van der Waals surface area contributed by atoms with Crippen molar-refractivity contribution in [2.75, 3.05) is 19.8 Å². The highest BCUT2D eigenvalue weighted by Crippen LogP contribution is 2.08. The van der Waals surface area contributed by atoms with Crippen LogP contribution in [0.15, 0.2) is 12.5 Å². The van der Waals surface area contributed by atoms with Crippen LogP contribution in [0.3, 0.4) is 0 Å². The van der Waals surface area contributed by atoms with E-state index in [4.69, 9.17) is 4.74 Å². The molecule has 0 saturated heterocycles. The number of rotatable bonds is 10. The molecule has 0 atom stereocenters. The molecule has 0 radical (unpaired) electrons. The molecule has 18 heavy (non-hydrogen) atoms. The first-order valence-corrected chi connectivity index (χ1v) is 7.04. The minimum Gasteiger partial charge on any atom is -0.381 e. The van der Waals surface area contributed by atoms with Crippen molar-refractivity contribution in [2.45, 2.75) is 52.6 Å². The van der Waals surface area contributed by atoms with Crippen molar-refractivity contribution in [3.05, 3.63) is 18.2 Å². The first kappa shape index (κ1) is 15.2. The number of unbranched alkanes of at least 4 members (excludes halogenated alkanes) is 1. The van der Waals surface area contributed by atoms with E-state index in [1.165, 1.54) is 18.5 Å². The van der Waals surface area contributed by atoms with E-state index in [-0.39, 0.29) is 0 Å². The van der Waals surface area contributed by atoms with Crippen LogP contribution in [0.4, 0.5) is 0 Å². The Hall–Kier alpha value is -0.870. The Kier molecular flexibility index (Phi) is 7.69. The molecule has 0 bridgehead atoms. The Morgan fingerprint density at radius 1 is 1.33 bits per heavy atom. The van der Waals surface area contributed by atoms with Gasteiger partial charge in [-0.1, -0.05) is 13.3 Å². The molecule has 0 aromatic carbocycles. The standard InChI is InChI=1S/C14H27N3O/c1-4-5-8-18-9-6-7-15-10-14-11-16-12-17(14)13(2)3/h11-13,15H,4-10H2,1-3H3. The molecule has 1 N–H and O–H groups in total. The van der Waals surface area contributed by atoms with Crippen molar-refractivity contribution in [1.29, 1.82) is 0 Å². The fourth-order valence-electron chi connectivity index (χ4n) is 1.80. The predicted molar refractivity (Wildman–Crippen MR) is 74.7 cm³/mol. The second-order valence-electron chi connectivity index (χ2n) is 4.88. The number of nitrogens with zero attached hydrogens (tertiary/aromatic N) is 2. The molecule has 0 amide bonds. The van der Waals surface area contributed by atoms with Gasteiger partial charge in [0.2, 0.25) is 0 Å². The van der Waals surface area contributed by atoms with Gasteiger partial charge in [0.05, 0.1) is 12.0 Å². The van der Waals surface area contributed by atoms with E-state index in [0.29, 0.717) is 6.04 Å². The molecule has 0 aliphatic rings. The highest BCUT2D eigenvalue weighted by atomic mass is 16.5. The molecule has 0 fully saturated rings. The van der Waals surface area contributed by atoms with Crippen LogP contribution in [0.5, 0.6) is 0 Å². The van der Waals surface area contributed by atoms with Crippen molar-refractivity contribution >= 4 is 0 Å². The number of aromatic nitrogens is 2. The molecule has 0 saturated carbocycles. The van der Waals surface area contributed by atoms with Gasteiger partial charge in [-0.3, -0.25) is 0 Å². The van der Waals surface area contributed by atoms with Crippen molar-refractivity contribution in [2.24, 2.45) is 0 Å². The van der Waals surface area contributed by atoms with Crippen LogP contribution in [0.25, 0.3) is 0 Å². The van der Waals surface area contributed by atoms with Crippen LogP contribution in [0, 0.1) is 0 Å². The van der Waals surface area contributed by atoms with E-state index in [9.17, 15) is 0 Å². The third kappa shape index (κ3) is 5.65. The number of hydrogen-bond donors (Lipinski definition) is 1. The molecular weight excluding hydrogens is 226 g/mol. The smallest absolute Gasteiger partial charge is 0.0951 e. The van der Waals surface area contributed by atoms with E-state index in [1.807, 2.05) is 12.5 Å². The summed E-state index contributed by atoms with van der Waals surface area (Å²) in [4.78, 5) is 4.19. The molecule has 0 aliphatic carbocycles. The van der Waals surface area contributed by atoms with E-state index in [0.717, 1.165) is 32.7 Å². The maximum atomic E-state index is 5.52. The third-order valence-electron chi connectivity index (χ3n) is 2.89. The maximum absolute atomic E-state index is 5.52. The highest BCUT2D eigenvalue weighted by Gasteiger charge is 2.03. The number of imidazole rings is 1. The van der Waals surface area contributed by atoms with Crippen LogP contribution in [0.2, 0.25) is 0 Å². The monoisotopic (exact) mass is 253 g/mol. The SMILES string of the molecule is CCCCOCCCNCc1cncn1C(C)C. The van der Waals surface area contributed by atoms with Gasteiger partial charge in [0.15, 0.2) is 0 Å². The van der Waals surface area contributed by atoms with Gasteiger partial charge in [-0.05, 0) is 33.2 Å². The van der Waals surface area contributed by atoms with Gasteiger partial charge in [0, 0.05) is 32.0 Å². The molecule has 0 unspecified atom stereocenters. The van der Waals surface area contributed by atoms with Crippen molar-refractivity contribution < 1.29 is 4.74 Å². The predicted octanol–water partition coefficient (Wildman–Crippen LogP) is 2.76.